The zero-order valence-corrected chi connectivity index (χ0v) is 50.0. The lowest BCUT2D eigenvalue weighted by Crippen LogP contribution is -2.50. The monoisotopic (exact) mass is 1070 g/mol. The van der Waals surface area contributed by atoms with Gasteiger partial charge in [0.1, 0.15) is 0 Å². The fourth-order valence-corrected chi connectivity index (χ4v) is 7.49. The molecule has 0 saturated carbocycles. The van der Waals surface area contributed by atoms with Crippen molar-refractivity contribution in [3.63, 3.8) is 0 Å². The molecule has 0 saturated heterocycles. The summed E-state index contributed by atoms with van der Waals surface area (Å²) in [6.07, 6.45) is 11.3. The summed E-state index contributed by atoms with van der Waals surface area (Å²) in [6, 6.07) is 0. The molecule has 0 aliphatic rings. The predicted molar refractivity (Wildman–Crippen MR) is 299 cm³/mol. The van der Waals surface area contributed by atoms with Crippen molar-refractivity contribution in [2.45, 2.75) is 191 Å². The second-order valence-corrected chi connectivity index (χ2v) is 24.8. The van der Waals surface area contributed by atoms with Gasteiger partial charge in [0.15, 0.2) is 0 Å². The molecular formula is C58H114N4O13. The van der Waals surface area contributed by atoms with Crippen LogP contribution in [0, 0.1) is 21.7 Å². The molecule has 4 N–H and O–H groups in total. The third-order valence-electron chi connectivity index (χ3n) is 11.5. The average Bonchev–Trinajstić information content (AvgIpc) is 3.31. The van der Waals surface area contributed by atoms with Crippen LogP contribution < -0.4 is 21.3 Å². The molecule has 0 heterocycles. The third kappa shape index (κ3) is 54.7. The number of hydrogen-bond acceptors (Lipinski definition) is 13. The van der Waals surface area contributed by atoms with Crippen LogP contribution in [-0.2, 0) is 61.8 Å². The third-order valence-corrected chi connectivity index (χ3v) is 11.5. The standard InChI is InChI=1S/C58H114N4O13/c1-54(2,3)25-20-18-16-14-13-15-17-19-21-53(66)62-58(26-22-50(63)59-29-32-67-35-38-70-41-44-73-47-55(4,5)6,27-23-51(64)60-30-33-68-36-39-71-42-45-74-48-56(7,8)9)28-24-52(65)61-31-34-69-37-40-72-43-46-75-49-57(10,11)12/h13-49H2,1-12H3,(H,59,63)(H,60,64)(H,61,65)(H,62,66). The van der Waals surface area contributed by atoms with E-state index in [1.807, 2.05) is 0 Å². The van der Waals surface area contributed by atoms with Gasteiger partial charge in [0, 0.05) is 50.9 Å². The van der Waals surface area contributed by atoms with Gasteiger partial charge >= 0.3 is 0 Å². The summed E-state index contributed by atoms with van der Waals surface area (Å²) in [6.45, 7) is 35.2. The Bertz CT molecular complexity index is 1280. The summed E-state index contributed by atoms with van der Waals surface area (Å²) in [4.78, 5) is 53.8. The van der Waals surface area contributed by atoms with Crippen LogP contribution in [-0.4, -0.2) is 168 Å². The Morgan fingerprint density at radius 1 is 0.280 bits per heavy atom. The highest BCUT2D eigenvalue weighted by Crippen LogP contribution is 2.27. The van der Waals surface area contributed by atoms with Crippen molar-refractivity contribution in [2.24, 2.45) is 21.7 Å². The van der Waals surface area contributed by atoms with Gasteiger partial charge < -0.3 is 63.9 Å². The number of carbonyl (C=O) groups is 4. The number of ether oxygens (including phenoxy) is 9. The second-order valence-electron chi connectivity index (χ2n) is 24.8. The average molecular weight is 1080 g/mol. The number of rotatable bonds is 50. The molecule has 4 amide bonds. The molecule has 0 fully saturated rings. The van der Waals surface area contributed by atoms with Crippen molar-refractivity contribution in [3.05, 3.63) is 0 Å². The van der Waals surface area contributed by atoms with Crippen molar-refractivity contribution in [1.29, 1.82) is 0 Å². The van der Waals surface area contributed by atoms with Crippen molar-refractivity contribution < 1.29 is 61.8 Å². The minimum Gasteiger partial charge on any atom is -0.379 e. The molecule has 0 atom stereocenters. The van der Waals surface area contributed by atoms with Crippen molar-refractivity contribution >= 4 is 23.6 Å². The molecule has 444 valence electrons. The number of amides is 4. The second kappa shape index (κ2) is 44.4. The summed E-state index contributed by atoms with van der Waals surface area (Å²) < 4.78 is 50.7. The van der Waals surface area contributed by atoms with Crippen molar-refractivity contribution in [1.82, 2.24) is 21.3 Å². The number of carbonyl (C=O) groups excluding carboxylic acids is 4. The van der Waals surface area contributed by atoms with Gasteiger partial charge in [-0.05, 0) is 53.8 Å². The molecule has 0 unspecified atom stereocenters. The van der Waals surface area contributed by atoms with E-state index in [4.69, 9.17) is 42.6 Å². The smallest absolute Gasteiger partial charge is 0.220 e. The summed E-state index contributed by atoms with van der Waals surface area (Å²) >= 11 is 0. The van der Waals surface area contributed by atoms with Crippen LogP contribution in [0.4, 0.5) is 0 Å². The van der Waals surface area contributed by atoms with Crippen LogP contribution in [0.15, 0.2) is 0 Å². The highest BCUT2D eigenvalue weighted by Gasteiger charge is 2.33. The van der Waals surface area contributed by atoms with Gasteiger partial charge in [-0.1, -0.05) is 128 Å². The summed E-state index contributed by atoms with van der Waals surface area (Å²) in [5, 5.41) is 12.0. The first kappa shape index (κ1) is 72.5. The molecule has 0 radical (unpaired) electrons. The van der Waals surface area contributed by atoms with Crippen LogP contribution >= 0.6 is 0 Å². The molecule has 0 aromatic heterocycles. The van der Waals surface area contributed by atoms with Crippen LogP contribution in [0.1, 0.15) is 186 Å². The molecule has 75 heavy (non-hydrogen) atoms. The van der Waals surface area contributed by atoms with Crippen molar-refractivity contribution in [2.75, 3.05) is 139 Å². The van der Waals surface area contributed by atoms with Gasteiger partial charge in [-0.2, -0.15) is 0 Å². The lowest BCUT2D eigenvalue weighted by Gasteiger charge is -2.35. The van der Waals surface area contributed by atoms with Gasteiger partial charge in [-0.25, -0.2) is 0 Å². The number of unbranched alkanes of at least 4 members (excludes halogenated alkanes) is 7. The Morgan fingerprint density at radius 3 is 0.840 bits per heavy atom. The van der Waals surface area contributed by atoms with E-state index < -0.39 is 5.54 Å². The molecule has 0 aliphatic heterocycles. The van der Waals surface area contributed by atoms with E-state index >= 15 is 0 Å². The zero-order valence-electron chi connectivity index (χ0n) is 50.0. The van der Waals surface area contributed by atoms with E-state index in [0.29, 0.717) is 150 Å². The summed E-state index contributed by atoms with van der Waals surface area (Å²) in [5.41, 5.74) is -0.322. The molecule has 0 aliphatic carbocycles. The maximum atomic E-state index is 13.8. The molecule has 0 aromatic carbocycles. The first-order valence-corrected chi connectivity index (χ1v) is 28.7. The Balaban J connectivity index is 5.52. The molecule has 0 aromatic rings. The first-order chi connectivity index (χ1) is 35.4. The number of hydrogen-bond donors (Lipinski definition) is 4. The van der Waals surface area contributed by atoms with E-state index in [9.17, 15) is 19.2 Å². The molecular weight excluding hydrogens is 961 g/mol. The van der Waals surface area contributed by atoms with E-state index in [1.54, 1.807) is 0 Å². The van der Waals surface area contributed by atoms with Crippen LogP contribution in [0.25, 0.3) is 0 Å². The largest absolute Gasteiger partial charge is 0.379 e. The Labute approximate surface area is 456 Å². The molecule has 17 heteroatoms. The molecule has 0 bridgehead atoms. The zero-order chi connectivity index (χ0) is 56.2. The van der Waals surface area contributed by atoms with Crippen LogP contribution in [0.5, 0.6) is 0 Å². The summed E-state index contributed by atoms with van der Waals surface area (Å²) in [7, 11) is 0. The Hall–Kier alpha value is -2.48. The van der Waals surface area contributed by atoms with Gasteiger partial charge in [-0.15, -0.1) is 0 Å². The Morgan fingerprint density at radius 2 is 0.547 bits per heavy atom. The lowest BCUT2D eigenvalue weighted by atomic mass is 9.82. The van der Waals surface area contributed by atoms with Crippen molar-refractivity contribution in [3.8, 4) is 0 Å². The van der Waals surface area contributed by atoms with Gasteiger partial charge in [0.05, 0.1) is 119 Å². The quantitative estimate of drug-likeness (QED) is 0.0422. The highest BCUT2D eigenvalue weighted by molar-refractivity contribution is 5.80. The minimum atomic E-state index is -1.00. The fraction of sp³-hybridized carbons (Fsp3) is 0.931. The molecule has 17 nitrogen and oxygen atoms in total. The maximum Gasteiger partial charge on any atom is 0.220 e. The molecule has 0 rings (SSSR count). The van der Waals surface area contributed by atoms with E-state index in [-0.39, 0.29) is 78.4 Å². The normalized spacial score (nSPS) is 12.5. The lowest BCUT2D eigenvalue weighted by molar-refractivity contribution is -0.127. The van der Waals surface area contributed by atoms with Gasteiger partial charge in [-0.3, -0.25) is 19.2 Å². The topological polar surface area (TPSA) is 199 Å². The van der Waals surface area contributed by atoms with E-state index in [1.165, 1.54) is 32.1 Å². The molecule has 0 spiro atoms. The van der Waals surface area contributed by atoms with Gasteiger partial charge in [0.2, 0.25) is 23.6 Å². The van der Waals surface area contributed by atoms with Gasteiger partial charge in [0.25, 0.3) is 0 Å². The van der Waals surface area contributed by atoms with Crippen LogP contribution in [0.3, 0.4) is 0 Å². The van der Waals surface area contributed by atoms with Crippen LogP contribution in [0.2, 0.25) is 0 Å². The van der Waals surface area contributed by atoms with E-state index in [0.717, 1.165) is 25.7 Å². The maximum absolute atomic E-state index is 13.8. The number of nitrogens with one attached hydrogen (secondary N) is 4. The summed E-state index contributed by atoms with van der Waals surface area (Å²) in [5.74, 6) is -0.792. The Kier molecular flexibility index (Phi) is 42.9. The predicted octanol–water partition coefficient (Wildman–Crippen LogP) is 8.77. The minimum absolute atomic E-state index is 0.0776. The van der Waals surface area contributed by atoms with E-state index in [2.05, 4.69) is 104 Å². The SMILES string of the molecule is CC(C)(C)CCCCCCCCCCC(=O)NC(CCC(=O)NCCOCCOCCOCC(C)(C)C)(CCC(=O)NCCOCCOCCOCC(C)(C)C)CCC(=O)NCCOCCOCCOCC(C)(C)C. The first-order valence-electron chi connectivity index (χ1n) is 28.7. The fourth-order valence-electron chi connectivity index (χ4n) is 7.49. The highest BCUT2D eigenvalue weighted by atomic mass is 16.6.